The van der Waals surface area contributed by atoms with Crippen molar-refractivity contribution >= 4 is 41.3 Å². The number of rotatable bonds is 5. The Kier molecular flexibility index (Phi) is 7.10. The van der Waals surface area contributed by atoms with E-state index in [4.69, 9.17) is 16.1 Å². The number of carbonyl (C=O) groups excluding carboxylic acids is 1. The highest BCUT2D eigenvalue weighted by Gasteiger charge is 2.27. The van der Waals surface area contributed by atoms with Gasteiger partial charge in [-0.1, -0.05) is 23.7 Å². The van der Waals surface area contributed by atoms with Gasteiger partial charge in [0.2, 0.25) is 0 Å². The molecule has 24 heavy (non-hydrogen) atoms. The third-order valence-electron chi connectivity index (χ3n) is 4.02. The van der Waals surface area contributed by atoms with E-state index < -0.39 is 0 Å². The molecule has 1 aliphatic heterocycles. The van der Waals surface area contributed by atoms with Crippen molar-refractivity contribution in [2.24, 2.45) is 0 Å². The van der Waals surface area contributed by atoms with Crippen LogP contribution in [0.4, 0.5) is 0 Å². The van der Waals surface area contributed by atoms with Gasteiger partial charge in [-0.25, -0.2) is 0 Å². The van der Waals surface area contributed by atoms with Crippen LogP contribution in [0.3, 0.4) is 0 Å². The van der Waals surface area contributed by atoms with Crippen LogP contribution >= 0.6 is 35.3 Å². The number of nitrogens with zero attached hydrogens (tertiary/aromatic N) is 2. The molecule has 3 rings (SSSR count). The van der Waals surface area contributed by atoms with Crippen LogP contribution in [0.2, 0.25) is 4.34 Å². The van der Waals surface area contributed by atoms with Crippen LogP contribution in [0, 0.1) is 0 Å². The minimum atomic E-state index is -0.0450. The van der Waals surface area contributed by atoms with Crippen molar-refractivity contribution in [2.75, 3.05) is 19.6 Å². The second-order valence-corrected chi connectivity index (χ2v) is 7.37. The molecule has 2 aromatic rings. The molecule has 0 radical (unpaired) electrons. The first-order chi connectivity index (χ1) is 11.2. The Labute approximate surface area is 156 Å². The van der Waals surface area contributed by atoms with Crippen LogP contribution in [0.15, 0.2) is 22.7 Å². The van der Waals surface area contributed by atoms with E-state index in [0.29, 0.717) is 15.8 Å². The molecule has 0 bridgehead atoms. The van der Waals surface area contributed by atoms with Crippen molar-refractivity contribution in [3.63, 3.8) is 0 Å². The third kappa shape index (κ3) is 4.30. The number of aromatic nitrogens is 1. The Bertz CT molecular complexity index is 668. The predicted octanol–water partition coefficient (Wildman–Crippen LogP) is 4.08. The average molecular weight is 390 g/mol. The molecule has 0 spiro atoms. The quantitative estimate of drug-likeness (QED) is 0.836. The molecule has 5 nitrogen and oxygen atoms in total. The summed E-state index contributed by atoms with van der Waals surface area (Å²) in [6.45, 7) is 4.74. The second-order valence-electron chi connectivity index (χ2n) is 5.66. The van der Waals surface area contributed by atoms with Gasteiger partial charge in [0.25, 0.3) is 5.91 Å². The zero-order valence-electron chi connectivity index (χ0n) is 13.5. The maximum absolute atomic E-state index is 12.8. The molecule has 8 heteroatoms. The zero-order chi connectivity index (χ0) is 16.2. The molecule has 132 valence electrons. The Morgan fingerprint density at radius 1 is 1.46 bits per heavy atom. The molecule has 0 unspecified atom stereocenters. The van der Waals surface area contributed by atoms with Gasteiger partial charge in [0.1, 0.15) is 0 Å². The highest BCUT2D eigenvalue weighted by Crippen LogP contribution is 2.31. The van der Waals surface area contributed by atoms with Crippen LogP contribution in [0.5, 0.6) is 0 Å². The summed E-state index contributed by atoms with van der Waals surface area (Å²) in [5.41, 5.74) is 0.372. The third-order valence-corrected chi connectivity index (χ3v) is 5.27. The van der Waals surface area contributed by atoms with Crippen molar-refractivity contribution in [3.05, 3.63) is 28.2 Å². The van der Waals surface area contributed by atoms with Gasteiger partial charge >= 0.3 is 0 Å². The van der Waals surface area contributed by atoms with E-state index in [1.807, 2.05) is 17.0 Å². The molecule has 0 saturated carbocycles. The van der Waals surface area contributed by atoms with Gasteiger partial charge in [-0.2, -0.15) is 0 Å². The average Bonchev–Trinajstić information content (AvgIpc) is 3.21. The Hall–Kier alpha value is -1.08. The fourth-order valence-corrected chi connectivity index (χ4v) is 3.89. The Balaban J connectivity index is 0.00000208. The van der Waals surface area contributed by atoms with Gasteiger partial charge in [-0.05, 0) is 44.5 Å². The summed E-state index contributed by atoms with van der Waals surface area (Å²) in [4.78, 5) is 15.7. The summed E-state index contributed by atoms with van der Waals surface area (Å²) in [7, 11) is 0. The van der Waals surface area contributed by atoms with E-state index in [9.17, 15) is 4.79 Å². The fourth-order valence-electron chi connectivity index (χ4n) is 2.90. The molecule has 1 amide bonds. The number of hydrogen-bond donors (Lipinski definition) is 1. The maximum Gasteiger partial charge on any atom is 0.276 e. The number of thiophene rings is 1. The zero-order valence-corrected chi connectivity index (χ0v) is 15.8. The van der Waals surface area contributed by atoms with Crippen LogP contribution in [-0.4, -0.2) is 41.6 Å². The summed E-state index contributed by atoms with van der Waals surface area (Å²) >= 11 is 7.36. The van der Waals surface area contributed by atoms with Gasteiger partial charge in [0.15, 0.2) is 11.5 Å². The van der Waals surface area contributed by atoms with Gasteiger partial charge in [-0.15, -0.1) is 23.7 Å². The summed E-state index contributed by atoms with van der Waals surface area (Å²) in [5.74, 6) is 0.545. The summed E-state index contributed by atoms with van der Waals surface area (Å²) in [6.07, 6.45) is 2.90. The molecular formula is C16H21Cl2N3O2S. The first-order valence-electron chi connectivity index (χ1n) is 7.93. The minimum Gasteiger partial charge on any atom is -0.355 e. The number of hydrogen-bond acceptors (Lipinski definition) is 5. The molecule has 1 aliphatic rings. The van der Waals surface area contributed by atoms with Gasteiger partial charge in [0, 0.05) is 18.7 Å². The fraction of sp³-hybridized carbons (Fsp3) is 0.500. The van der Waals surface area contributed by atoms with E-state index in [0.717, 1.165) is 43.8 Å². The lowest BCUT2D eigenvalue weighted by Crippen LogP contribution is -2.46. The highest BCUT2D eigenvalue weighted by molar-refractivity contribution is 7.19. The molecule has 0 atom stereocenters. The lowest BCUT2D eigenvalue weighted by Gasteiger charge is -2.34. The summed E-state index contributed by atoms with van der Waals surface area (Å²) in [5, 5.41) is 7.32. The molecule has 0 aliphatic carbocycles. The smallest absolute Gasteiger partial charge is 0.276 e. The number of halogens is 2. The van der Waals surface area contributed by atoms with E-state index in [-0.39, 0.29) is 24.4 Å². The maximum atomic E-state index is 12.8. The lowest BCUT2D eigenvalue weighted by molar-refractivity contribution is 0.0632. The van der Waals surface area contributed by atoms with Gasteiger partial charge in [0.05, 0.1) is 9.21 Å². The van der Waals surface area contributed by atoms with Crippen molar-refractivity contribution in [1.29, 1.82) is 0 Å². The standard InChI is InChI=1S/C16H20ClN3O2S.ClH/c1-2-9-20(11-5-7-18-8-6-11)16(21)12-10-13(22-19-12)14-3-4-15(17)23-14;/h3-4,10-11,18H,2,5-9H2,1H3;1H. The van der Waals surface area contributed by atoms with E-state index >= 15 is 0 Å². The van der Waals surface area contributed by atoms with Crippen molar-refractivity contribution in [1.82, 2.24) is 15.4 Å². The topological polar surface area (TPSA) is 58.4 Å². The molecule has 0 aromatic carbocycles. The molecular weight excluding hydrogens is 369 g/mol. The van der Waals surface area contributed by atoms with E-state index in [1.165, 1.54) is 11.3 Å². The summed E-state index contributed by atoms with van der Waals surface area (Å²) in [6, 6.07) is 5.68. The Morgan fingerprint density at radius 2 is 2.21 bits per heavy atom. The first kappa shape index (κ1) is 19.2. The molecule has 3 heterocycles. The molecule has 1 N–H and O–H groups in total. The van der Waals surface area contributed by atoms with Crippen LogP contribution < -0.4 is 5.32 Å². The monoisotopic (exact) mass is 389 g/mol. The largest absolute Gasteiger partial charge is 0.355 e. The van der Waals surface area contributed by atoms with Crippen molar-refractivity contribution in [2.45, 2.75) is 32.2 Å². The van der Waals surface area contributed by atoms with Crippen molar-refractivity contribution in [3.8, 4) is 10.6 Å². The van der Waals surface area contributed by atoms with Crippen LogP contribution in [-0.2, 0) is 0 Å². The molecule has 2 aromatic heterocycles. The normalized spacial score (nSPS) is 15.1. The summed E-state index contributed by atoms with van der Waals surface area (Å²) < 4.78 is 6.03. The number of amides is 1. The predicted molar refractivity (Wildman–Crippen MR) is 99.3 cm³/mol. The van der Waals surface area contributed by atoms with Gasteiger partial charge < -0.3 is 14.7 Å². The number of piperidine rings is 1. The Morgan fingerprint density at radius 3 is 2.83 bits per heavy atom. The van der Waals surface area contributed by atoms with Crippen molar-refractivity contribution < 1.29 is 9.32 Å². The van der Waals surface area contributed by atoms with Gasteiger partial charge in [-0.3, -0.25) is 4.79 Å². The van der Waals surface area contributed by atoms with Crippen LogP contribution in [0.25, 0.3) is 10.6 Å². The number of carbonyl (C=O) groups is 1. The van der Waals surface area contributed by atoms with Crippen LogP contribution in [0.1, 0.15) is 36.7 Å². The lowest BCUT2D eigenvalue weighted by atomic mass is 10.0. The first-order valence-corrected chi connectivity index (χ1v) is 9.12. The number of nitrogens with one attached hydrogen (secondary N) is 1. The SMILES string of the molecule is CCCN(C(=O)c1cc(-c2ccc(Cl)s2)on1)C1CCNCC1.Cl. The van der Waals surface area contributed by atoms with E-state index in [2.05, 4.69) is 17.4 Å². The van der Waals surface area contributed by atoms with E-state index in [1.54, 1.807) is 6.07 Å². The molecule has 1 fully saturated rings. The molecule has 1 saturated heterocycles. The minimum absolute atomic E-state index is 0. The second kappa shape index (κ2) is 8.85. The highest BCUT2D eigenvalue weighted by atomic mass is 35.5.